The normalized spacial score (nSPS) is 11.9. The van der Waals surface area contributed by atoms with Crippen molar-refractivity contribution >= 4 is 74.1 Å². The van der Waals surface area contributed by atoms with Crippen molar-refractivity contribution in [1.82, 2.24) is 4.57 Å². The molecule has 3 heterocycles. The van der Waals surface area contributed by atoms with E-state index in [1.54, 1.807) is 0 Å². The van der Waals surface area contributed by atoms with Crippen molar-refractivity contribution in [3.8, 4) is 27.9 Å². The summed E-state index contributed by atoms with van der Waals surface area (Å²) >= 11 is 3.77. The zero-order valence-electron chi connectivity index (χ0n) is 22.0. The summed E-state index contributed by atoms with van der Waals surface area (Å²) in [5, 5.41) is 5.29. The highest BCUT2D eigenvalue weighted by molar-refractivity contribution is 7.27. The van der Waals surface area contributed by atoms with Crippen LogP contribution in [0, 0.1) is 0 Å². The summed E-state index contributed by atoms with van der Waals surface area (Å²) in [6.07, 6.45) is 0. The highest BCUT2D eigenvalue weighted by Gasteiger charge is 2.21. The summed E-state index contributed by atoms with van der Waals surface area (Å²) in [5.74, 6) is 0. The first-order chi connectivity index (χ1) is 20.3. The number of benzene rings is 6. The fraction of sp³-hybridized carbons (Fsp3) is 0. The zero-order valence-corrected chi connectivity index (χ0v) is 23.7. The van der Waals surface area contributed by atoms with Gasteiger partial charge in [0.1, 0.15) is 0 Å². The Morgan fingerprint density at radius 2 is 1.12 bits per heavy atom. The average molecular weight is 558 g/mol. The molecule has 192 valence electrons. The van der Waals surface area contributed by atoms with Gasteiger partial charge in [0.25, 0.3) is 0 Å². The molecule has 0 saturated carbocycles. The molecule has 0 saturated heterocycles. The van der Waals surface area contributed by atoms with E-state index in [9.17, 15) is 0 Å². The Kier molecular flexibility index (Phi) is 5.00. The van der Waals surface area contributed by atoms with Crippen molar-refractivity contribution in [3.63, 3.8) is 0 Å². The molecule has 9 aromatic rings. The van der Waals surface area contributed by atoms with Gasteiger partial charge in [-0.1, -0.05) is 97.1 Å². The predicted octanol–water partition coefficient (Wildman–Crippen LogP) is 11.7. The van der Waals surface area contributed by atoms with Crippen molar-refractivity contribution in [2.75, 3.05) is 0 Å². The van der Waals surface area contributed by atoms with Gasteiger partial charge in [0.2, 0.25) is 0 Å². The number of aromatic nitrogens is 1. The van der Waals surface area contributed by atoms with Crippen molar-refractivity contribution in [3.05, 3.63) is 140 Å². The molecule has 0 aliphatic rings. The van der Waals surface area contributed by atoms with Gasteiger partial charge in [-0.3, -0.25) is 0 Å². The molecule has 1 nitrogen and oxygen atoms in total. The van der Waals surface area contributed by atoms with Crippen LogP contribution < -0.4 is 0 Å². The van der Waals surface area contributed by atoms with Gasteiger partial charge in [0.15, 0.2) is 0 Å². The van der Waals surface area contributed by atoms with Crippen LogP contribution in [0.25, 0.3) is 79.3 Å². The molecule has 0 unspecified atom stereocenters. The minimum absolute atomic E-state index is 1.19. The highest BCUT2D eigenvalue weighted by atomic mass is 32.1. The number of thiophene rings is 2. The van der Waals surface area contributed by atoms with E-state index < -0.39 is 0 Å². The lowest BCUT2D eigenvalue weighted by molar-refractivity contribution is 1.19. The van der Waals surface area contributed by atoms with E-state index in [1.165, 1.54) is 79.3 Å². The largest absolute Gasteiger partial charge is 0.308 e. The number of fused-ring (bicyclic) bond motifs is 8. The van der Waals surface area contributed by atoms with Crippen LogP contribution in [0.15, 0.2) is 140 Å². The lowest BCUT2D eigenvalue weighted by atomic mass is 9.92. The minimum Gasteiger partial charge on any atom is -0.308 e. The second kappa shape index (κ2) is 8.90. The van der Waals surface area contributed by atoms with Crippen molar-refractivity contribution in [1.29, 1.82) is 0 Å². The molecule has 0 fully saturated rings. The number of hydrogen-bond donors (Lipinski definition) is 0. The Morgan fingerprint density at radius 1 is 0.439 bits per heavy atom. The van der Waals surface area contributed by atoms with E-state index in [4.69, 9.17) is 0 Å². The summed E-state index contributed by atoms with van der Waals surface area (Å²) in [4.78, 5) is 0. The monoisotopic (exact) mass is 557 g/mol. The number of para-hydroxylation sites is 2. The summed E-state index contributed by atoms with van der Waals surface area (Å²) in [7, 11) is 0. The third-order valence-electron chi connectivity index (χ3n) is 8.22. The van der Waals surface area contributed by atoms with Gasteiger partial charge < -0.3 is 4.57 Å². The van der Waals surface area contributed by atoms with Crippen LogP contribution in [0.1, 0.15) is 0 Å². The lowest BCUT2D eigenvalue weighted by Gasteiger charge is -2.13. The molecule has 9 rings (SSSR count). The number of rotatable bonds is 3. The highest BCUT2D eigenvalue weighted by Crippen LogP contribution is 2.47. The fourth-order valence-electron chi connectivity index (χ4n) is 6.44. The van der Waals surface area contributed by atoms with Gasteiger partial charge in [-0.25, -0.2) is 0 Å². The quantitative estimate of drug-likeness (QED) is 0.204. The van der Waals surface area contributed by atoms with Crippen LogP contribution >= 0.6 is 22.7 Å². The van der Waals surface area contributed by atoms with E-state index in [0.717, 1.165) is 0 Å². The molecule has 41 heavy (non-hydrogen) atoms. The topological polar surface area (TPSA) is 4.93 Å². The summed E-state index contributed by atoms with van der Waals surface area (Å²) in [5.41, 5.74) is 8.79. The van der Waals surface area contributed by atoms with Crippen molar-refractivity contribution in [2.24, 2.45) is 0 Å². The second-order valence-electron chi connectivity index (χ2n) is 10.5. The Morgan fingerprint density at radius 3 is 2.02 bits per heavy atom. The maximum atomic E-state index is 2.46. The second-order valence-corrected chi connectivity index (χ2v) is 12.6. The van der Waals surface area contributed by atoms with Gasteiger partial charge in [-0.05, 0) is 64.7 Å². The molecule has 3 aromatic heterocycles. The molecule has 0 aliphatic heterocycles. The van der Waals surface area contributed by atoms with Crippen LogP contribution in [0.3, 0.4) is 0 Å². The van der Waals surface area contributed by atoms with Crippen LogP contribution in [-0.4, -0.2) is 4.57 Å². The minimum atomic E-state index is 1.19. The molecule has 6 aromatic carbocycles. The van der Waals surface area contributed by atoms with Gasteiger partial charge >= 0.3 is 0 Å². The predicted molar refractivity (Wildman–Crippen MR) is 180 cm³/mol. The average Bonchev–Trinajstić information content (AvgIpc) is 3.70. The smallest absolute Gasteiger partial charge is 0.0734 e. The molecule has 3 heteroatoms. The molecular formula is C38H23NS2. The van der Waals surface area contributed by atoms with Gasteiger partial charge in [0.05, 0.1) is 15.7 Å². The van der Waals surface area contributed by atoms with Gasteiger partial charge in [0, 0.05) is 41.3 Å². The van der Waals surface area contributed by atoms with Crippen LogP contribution in [0.5, 0.6) is 0 Å². The first kappa shape index (κ1) is 23.0. The first-order valence-electron chi connectivity index (χ1n) is 13.9. The van der Waals surface area contributed by atoms with Crippen molar-refractivity contribution < 1.29 is 0 Å². The Bertz CT molecular complexity index is 2420. The van der Waals surface area contributed by atoms with Crippen LogP contribution in [0.4, 0.5) is 0 Å². The Labute approximate surface area is 245 Å². The standard InChI is InChI=1S/C38H23NS2/c1-2-11-25(12-3-1)39-32-18-8-6-16-30(32)38-37(39)36-29(17-10-20-35(36)41-38)27-14-5-4-13-26(27)24-21-22-34-31(23-24)28-15-7-9-19-33(28)40-34/h1-23H. The summed E-state index contributed by atoms with van der Waals surface area (Å²) in [6, 6.07) is 51.0. The Balaban J connectivity index is 1.36. The van der Waals surface area contributed by atoms with Crippen LogP contribution in [0.2, 0.25) is 0 Å². The number of hydrogen-bond acceptors (Lipinski definition) is 2. The van der Waals surface area contributed by atoms with E-state index >= 15 is 0 Å². The SMILES string of the molecule is c1ccc(-n2c3ccccc3c3sc4cccc(-c5ccccc5-c5ccc6sc7ccccc7c6c5)c4c32)cc1. The summed E-state index contributed by atoms with van der Waals surface area (Å²) < 4.78 is 7.79. The third kappa shape index (κ3) is 3.40. The van der Waals surface area contributed by atoms with Gasteiger partial charge in [-0.2, -0.15) is 0 Å². The van der Waals surface area contributed by atoms with Gasteiger partial charge in [-0.15, -0.1) is 22.7 Å². The molecule has 0 aliphatic carbocycles. The molecule has 0 spiro atoms. The summed E-state index contributed by atoms with van der Waals surface area (Å²) in [6.45, 7) is 0. The molecule has 0 atom stereocenters. The molecule has 0 radical (unpaired) electrons. The van der Waals surface area contributed by atoms with E-state index in [2.05, 4.69) is 144 Å². The fourth-order valence-corrected chi connectivity index (χ4v) is 8.78. The number of nitrogens with zero attached hydrogens (tertiary/aromatic N) is 1. The van der Waals surface area contributed by atoms with E-state index in [1.807, 2.05) is 22.7 Å². The zero-order chi connectivity index (χ0) is 26.9. The molecular weight excluding hydrogens is 535 g/mol. The van der Waals surface area contributed by atoms with Crippen molar-refractivity contribution in [2.45, 2.75) is 0 Å². The van der Waals surface area contributed by atoms with E-state index in [0.29, 0.717) is 0 Å². The third-order valence-corrected chi connectivity index (χ3v) is 10.6. The Hall–Kier alpha value is -4.70. The lowest BCUT2D eigenvalue weighted by Crippen LogP contribution is -1.94. The maximum absolute atomic E-state index is 2.46. The molecule has 0 N–H and O–H groups in total. The maximum Gasteiger partial charge on any atom is 0.0734 e. The van der Waals surface area contributed by atoms with E-state index in [-0.39, 0.29) is 0 Å². The van der Waals surface area contributed by atoms with Crippen LogP contribution in [-0.2, 0) is 0 Å². The molecule has 0 bridgehead atoms. The first-order valence-corrected chi connectivity index (χ1v) is 15.5. The molecule has 0 amide bonds.